The van der Waals surface area contributed by atoms with Gasteiger partial charge in [-0.05, 0) is 0 Å². The van der Waals surface area contributed by atoms with Crippen molar-refractivity contribution in [2.24, 2.45) is 10.8 Å². The third-order valence-electron chi connectivity index (χ3n) is 4.98. The molecular weight excluding hydrogens is 272 g/mol. The van der Waals surface area contributed by atoms with Crippen molar-refractivity contribution in [2.45, 2.75) is 6.92 Å². The predicted octanol–water partition coefficient (Wildman–Crippen LogP) is -0.904. The van der Waals surface area contributed by atoms with E-state index in [4.69, 9.17) is 0 Å². The van der Waals surface area contributed by atoms with E-state index < -0.39 is 0 Å². The van der Waals surface area contributed by atoms with Crippen molar-refractivity contribution in [3.05, 3.63) is 0 Å². The minimum Gasteiger partial charge on any atom is -0.453 e. The molecule has 7 heteroatoms. The van der Waals surface area contributed by atoms with Crippen LogP contribution in [0.5, 0.6) is 0 Å². The summed E-state index contributed by atoms with van der Waals surface area (Å²) in [6.45, 7) is 9.66. The van der Waals surface area contributed by atoms with Crippen LogP contribution in [0.4, 0.5) is 4.79 Å². The molecule has 0 unspecified atom stereocenters. The molecule has 4 saturated heterocycles. The Morgan fingerprint density at radius 2 is 1.33 bits per heavy atom. The summed E-state index contributed by atoms with van der Waals surface area (Å²) in [6, 6.07) is 0. The number of likely N-dealkylation sites (tertiary alicyclic amines) is 2. The molecule has 118 valence electrons. The molecule has 0 aromatic rings. The Morgan fingerprint density at radius 3 is 1.62 bits per heavy atom. The van der Waals surface area contributed by atoms with Gasteiger partial charge in [0, 0.05) is 70.1 Å². The number of rotatable bonds is 0. The fourth-order valence-electron chi connectivity index (χ4n) is 3.41. The van der Waals surface area contributed by atoms with Gasteiger partial charge in [-0.3, -0.25) is 4.79 Å². The Balaban J connectivity index is 0.000000126. The molecule has 2 spiro atoms. The largest absolute Gasteiger partial charge is 0.453 e. The minimum atomic E-state index is -0.192. The van der Waals surface area contributed by atoms with Crippen molar-refractivity contribution >= 4 is 12.0 Å². The number of ether oxygens (including phenoxy) is 1. The number of carbonyl (C=O) groups is 2. The molecule has 0 aromatic heterocycles. The maximum absolute atomic E-state index is 10.9. The van der Waals surface area contributed by atoms with E-state index >= 15 is 0 Å². The number of carbonyl (C=O) groups excluding carboxylic acids is 2. The summed E-state index contributed by atoms with van der Waals surface area (Å²) in [5, 5.41) is 6.43. The van der Waals surface area contributed by atoms with E-state index in [0.29, 0.717) is 10.8 Å². The molecule has 0 aromatic carbocycles. The molecule has 4 fully saturated rings. The smallest absolute Gasteiger partial charge is 0.409 e. The summed E-state index contributed by atoms with van der Waals surface area (Å²) in [5.41, 5.74) is 0.903. The minimum absolute atomic E-state index is 0.192. The van der Waals surface area contributed by atoms with Gasteiger partial charge in [0.05, 0.1) is 7.11 Å². The van der Waals surface area contributed by atoms with Crippen molar-refractivity contribution in [2.75, 3.05) is 59.5 Å². The molecule has 4 aliphatic heterocycles. The number of nitrogens with one attached hydrogen (secondary N) is 2. The van der Waals surface area contributed by atoms with Crippen LogP contribution in [0.3, 0.4) is 0 Å². The van der Waals surface area contributed by atoms with Crippen molar-refractivity contribution in [3.8, 4) is 0 Å². The monoisotopic (exact) mass is 296 g/mol. The lowest BCUT2D eigenvalue weighted by Gasteiger charge is -2.55. The first-order valence-electron chi connectivity index (χ1n) is 7.48. The lowest BCUT2D eigenvalue weighted by atomic mass is 9.74. The Morgan fingerprint density at radius 1 is 0.905 bits per heavy atom. The van der Waals surface area contributed by atoms with Crippen molar-refractivity contribution in [1.29, 1.82) is 0 Å². The average Bonchev–Trinajstić information content (AvgIpc) is 2.21. The third-order valence-corrected chi connectivity index (χ3v) is 4.98. The summed E-state index contributed by atoms with van der Waals surface area (Å²) in [6.07, 6.45) is -0.192. The molecule has 4 heterocycles. The summed E-state index contributed by atoms with van der Waals surface area (Å²) in [5.74, 6) is 0.220. The summed E-state index contributed by atoms with van der Waals surface area (Å²) in [4.78, 5) is 25.3. The van der Waals surface area contributed by atoms with Gasteiger partial charge in [-0.2, -0.15) is 0 Å². The Bertz CT molecular complexity index is 430. The molecule has 2 N–H and O–H groups in total. The van der Waals surface area contributed by atoms with E-state index in [-0.39, 0.29) is 12.0 Å². The molecular formula is C14H24N4O3. The van der Waals surface area contributed by atoms with E-state index in [9.17, 15) is 9.59 Å². The third kappa shape index (κ3) is 2.60. The molecule has 0 aliphatic carbocycles. The molecule has 0 saturated carbocycles. The second kappa shape index (κ2) is 5.14. The fourth-order valence-corrected chi connectivity index (χ4v) is 3.41. The Kier molecular flexibility index (Phi) is 3.57. The van der Waals surface area contributed by atoms with Gasteiger partial charge in [-0.25, -0.2) is 4.79 Å². The number of hydrogen-bond acceptors (Lipinski definition) is 5. The second-order valence-corrected chi connectivity index (χ2v) is 6.91. The topological polar surface area (TPSA) is 73.9 Å². The molecule has 7 nitrogen and oxygen atoms in total. The van der Waals surface area contributed by atoms with Crippen LogP contribution in [0.15, 0.2) is 0 Å². The average molecular weight is 296 g/mol. The van der Waals surface area contributed by atoms with E-state index in [1.807, 2.05) is 4.90 Å². The number of methoxy groups -OCH3 is 1. The zero-order valence-electron chi connectivity index (χ0n) is 12.8. The first-order chi connectivity index (χ1) is 9.98. The molecule has 4 aliphatic rings. The lowest BCUT2D eigenvalue weighted by molar-refractivity contribution is -0.144. The van der Waals surface area contributed by atoms with Crippen LogP contribution in [0.2, 0.25) is 0 Å². The Hall–Kier alpha value is -1.34. The first-order valence-corrected chi connectivity index (χ1v) is 7.48. The SMILES string of the molecule is CC(=O)N1CC2(CNC2)C1.COC(=O)N1CC2(CNC2)C1. The van der Waals surface area contributed by atoms with E-state index in [1.165, 1.54) is 7.11 Å². The van der Waals surface area contributed by atoms with Gasteiger partial charge in [0.2, 0.25) is 5.91 Å². The molecule has 4 rings (SSSR count). The zero-order valence-corrected chi connectivity index (χ0v) is 12.8. The van der Waals surface area contributed by atoms with Crippen molar-refractivity contribution in [1.82, 2.24) is 20.4 Å². The number of nitrogens with zero attached hydrogens (tertiary/aromatic N) is 2. The highest BCUT2D eigenvalue weighted by atomic mass is 16.5. The fraction of sp³-hybridized carbons (Fsp3) is 0.857. The first kappa shape index (κ1) is 14.6. The van der Waals surface area contributed by atoms with Gasteiger partial charge in [0.15, 0.2) is 0 Å². The molecule has 0 bridgehead atoms. The maximum Gasteiger partial charge on any atom is 0.409 e. The molecule has 2 amide bonds. The molecule has 0 atom stereocenters. The zero-order chi connectivity index (χ0) is 15.1. The summed E-state index contributed by atoms with van der Waals surface area (Å²) >= 11 is 0. The Labute approximate surface area is 125 Å². The van der Waals surface area contributed by atoms with Gasteiger partial charge in [0.1, 0.15) is 0 Å². The van der Waals surface area contributed by atoms with Gasteiger partial charge in [-0.1, -0.05) is 0 Å². The predicted molar refractivity (Wildman–Crippen MR) is 76.8 cm³/mol. The van der Waals surface area contributed by atoms with E-state index in [1.54, 1.807) is 11.8 Å². The van der Waals surface area contributed by atoms with Gasteiger partial charge in [0.25, 0.3) is 0 Å². The van der Waals surface area contributed by atoms with E-state index in [0.717, 1.165) is 52.4 Å². The van der Waals surface area contributed by atoms with Crippen LogP contribution >= 0.6 is 0 Å². The highest BCUT2D eigenvalue weighted by molar-refractivity contribution is 5.74. The standard InChI is InChI=1S/C7H12N2O2.C7H12N2O/c1-11-6(10)9-4-7(5-9)2-8-3-7;1-6(10)9-4-7(5-9)2-8-3-7/h8H,2-5H2,1H3;8H,2-5H2,1H3. The quantitative estimate of drug-likeness (QED) is 0.606. The molecule has 21 heavy (non-hydrogen) atoms. The highest BCUT2D eigenvalue weighted by Crippen LogP contribution is 2.34. The van der Waals surface area contributed by atoms with Crippen LogP contribution in [-0.2, 0) is 9.53 Å². The second-order valence-electron chi connectivity index (χ2n) is 6.91. The lowest BCUT2D eigenvalue weighted by Crippen LogP contribution is -2.71. The highest BCUT2D eigenvalue weighted by Gasteiger charge is 2.49. The van der Waals surface area contributed by atoms with Crippen LogP contribution in [0.25, 0.3) is 0 Å². The van der Waals surface area contributed by atoms with Crippen molar-refractivity contribution in [3.63, 3.8) is 0 Å². The number of hydrogen-bond donors (Lipinski definition) is 2. The van der Waals surface area contributed by atoms with E-state index in [2.05, 4.69) is 15.4 Å². The van der Waals surface area contributed by atoms with Crippen LogP contribution < -0.4 is 10.6 Å². The van der Waals surface area contributed by atoms with Gasteiger partial charge in [-0.15, -0.1) is 0 Å². The maximum atomic E-state index is 10.9. The molecule has 0 radical (unpaired) electrons. The van der Waals surface area contributed by atoms with Crippen LogP contribution in [0, 0.1) is 10.8 Å². The van der Waals surface area contributed by atoms with Crippen molar-refractivity contribution < 1.29 is 14.3 Å². The van der Waals surface area contributed by atoms with Gasteiger partial charge < -0.3 is 25.2 Å². The summed E-state index contributed by atoms with van der Waals surface area (Å²) < 4.78 is 4.58. The van der Waals surface area contributed by atoms with Crippen LogP contribution in [-0.4, -0.2) is 81.3 Å². The normalized spacial score (nSPS) is 26.6. The van der Waals surface area contributed by atoms with Crippen LogP contribution in [0.1, 0.15) is 6.92 Å². The van der Waals surface area contributed by atoms with Gasteiger partial charge >= 0.3 is 6.09 Å². The summed E-state index contributed by atoms with van der Waals surface area (Å²) in [7, 11) is 1.42. The number of amides is 2.